The average molecular weight is 407 g/mol. The summed E-state index contributed by atoms with van der Waals surface area (Å²) in [5.41, 5.74) is 3.58. The minimum atomic E-state index is -0.0494. The smallest absolute Gasteiger partial charge is 0.264 e. The molecule has 4 nitrogen and oxygen atoms in total. The predicted molar refractivity (Wildman–Crippen MR) is 119 cm³/mol. The third-order valence-electron chi connectivity index (χ3n) is 5.60. The topological polar surface area (TPSA) is 49.4 Å². The lowest BCUT2D eigenvalue weighted by Crippen LogP contribution is -2.36. The van der Waals surface area contributed by atoms with E-state index in [0.29, 0.717) is 10.5 Å². The first-order valence-corrected chi connectivity index (χ1v) is 11.0. The molecular formula is C24H26N2O2S. The molecule has 0 radical (unpaired) electrons. The van der Waals surface area contributed by atoms with Gasteiger partial charge in [0.05, 0.1) is 10.6 Å². The van der Waals surface area contributed by atoms with Crippen LogP contribution in [-0.2, 0) is 4.79 Å². The summed E-state index contributed by atoms with van der Waals surface area (Å²) in [6, 6.07) is 14.0. The molecule has 5 heteroatoms. The summed E-state index contributed by atoms with van der Waals surface area (Å²) in [4.78, 5) is 28.9. The number of thioether (sulfide) groups is 1. The number of hydrogen-bond acceptors (Lipinski definition) is 3. The molecule has 1 aliphatic heterocycles. The van der Waals surface area contributed by atoms with E-state index >= 15 is 0 Å². The molecule has 0 saturated heterocycles. The third-order valence-corrected chi connectivity index (χ3v) is 6.68. The Labute approximate surface area is 176 Å². The average Bonchev–Trinajstić information content (AvgIpc) is 2.72. The number of benzene rings is 2. The molecule has 0 bridgehead atoms. The number of fused-ring (bicyclic) bond motifs is 1. The first-order chi connectivity index (χ1) is 14.0. The summed E-state index contributed by atoms with van der Waals surface area (Å²) in [6.07, 6.45) is 7.66. The number of rotatable bonds is 3. The van der Waals surface area contributed by atoms with E-state index in [0.717, 1.165) is 34.6 Å². The summed E-state index contributed by atoms with van der Waals surface area (Å²) in [5, 5.41) is 3.15. The largest absolute Gasteiger partial charge is 0.349 e. The van der Waals surface area contributed by atoms with Crippen molar-refractivity contribution >= 4 is 35.3 Å². The molecule has 2 aromatic carbocycles. The zero-order valence-corrected chi connectivity index (χ0v) is 17.7. The van der Waals surface area contributed by atoms with Gasteiger partial charge < -0.3 is 10.2 Å². The van der Waals surface area contributed by atoms with Crippen LogP contribution in [0.2, 0.25) is 0 Å². The molecule has 0 atom stereocenters. The maximum absolute atomic E-state index is 12.9. The van der Waals surface area contributed by atoms with E-state index in [4.69, 9.17) is 0 Å². The van der Waals surface area contributed by atoms with Crippen LogP contribution < -0.4 is 10.2 Å². The summed E-state index contributed by atoms with van der Waals surface area (Å²) in [6.45, 7) is 2.04. The molecule has 2 aliphatic rings. The number of likely N-dealkylation sites (N-methyl/N-ethyl adjacent to an activating group) is 1. The minimum Gasteiger partial charge on any atom is -0.349 e. The van der Waals surface area contributed by atoms with Gasteiger partial charge in [-0.3, -0.25) is 9.59 Å². The monoisotopic (exact) mass is 406 g/mol. The van der Waals surface area contributed by atoms with Crippen molar-refractivity contribution in [2.45, 2.75) is 50.0 Å². The maximum atomic E-state index is 12.9. The molecule has 0 spiro atoms. The molecule has 1 N–H and O–H groups in total. The van der Waals surface area contributed by atoms with Gasteiger partial charge in [0.2, 0.25) is 0 Å². The van der Waals surface area contributed by atoms with Gasteiger partial charge in [-0.25, -0.2) is 0 Å². The van der Waals surface area contributed by atoms with Gasteiger partial charge in [0.25, 0.3) is 11.8 Å². The molecule has 1 saturated carbocycles. The summed E-state index contributed by atoms with van der Waals surface area (Å²) in [5.74, 6) is -0.0968. The van der Waals surface area contributed by atoms with Crippen molar-refractivity contribution in [3.05, 3.63) is 64.1 Å². The molecule has 1 fully saturated rings. The molecular weight excluding hydrogens is 380 g/mol. The van der Waals surface area contributed by atoms with Crippen LogP contribution in [0.5, 0.6) is 0 Å². The van der Waals surface area contributed by atoms with Crippen LogP contribution in [0, 0.1) is 6.92 Å². The number of hydrogen-bond donors (Lipinski definition) is 1. The van der Waals surface area contributed by atoms with Crippen LogP contribution >= 0.6 is 11.8 Å². The highest BCUT2D eigenvalue weighted by atomic mass is 32.2. The van der Waals surface area contributed by atoms with Crippen molar-refractivity contribution in [3.63, 3.8) is 0 Å². The molecule has 2 aromatic rings. The van der Waals surface area contributed by atoms with Crippen molar-refractivity contribution in [3.8, 4) is 0 Å². The van der Waals surface area contributed by atoms with E-state index in [1.807, 2.05) is 49.4 Å². The number of nitrogens with zero attached hydrogens (tertiary/aromatic N) is 1. The Morgan fingerprint density at radius 3 is 2.69 bits per heavy atom. The normalized spacial score (nSPS) is 18.6. The summed E-state index contributed by atoms with van der Waals surface area (Å²) >= 11 is 1.46. The lowest BCUT2D eigenvalue weighted by Gasteiger charge is -2.28. The lowest BCUT2D eigenvalue weighted by atomic mass is 9.95. The van der Waals surface area contributed by atoms with Crippen molar-refractivity contribution in [1.82, 2.24) is 5.32 Å². The van der Waals surface area contributed by atoms with E-state index < -0.39 is 0 Å². The van der Waals surface area contributed by atoms with E-state index in [1.165, 1.54) is 31.0 Å². The quantitative estimate of drug-likeness (QED) is 0.716. The van der Waals surface area contributed by atoms with Crippen LogP contribution in [0.25, 0.3) is 6.08 Å². The first kappa shape index (κ1) is 19.8. The van der Waals surface area contributed by atoms with Crippen LogP contribution in [0.1, 0.15) is 53.6 Å². The molecule has 1 aliphatic carbocycles. The Hall–Kier alpha value is -2.53. The summed E-state index contributed by atoms with van der Waals surface area (Å²) < 4.78 is 0. The Balaban J connectivity index is 1.56. The Morgan fingerprint density at radius 1 is 1.14 bits per heavy atom. The van der Waals surface area contributed by atoms with E-state index in [1.54, 1.807) is 11.9 Å². The molecule has 4 rings (SSSR count). The zero-order chi connectivity index (χ0) is 20.4. The molecule has 1 heterocycles. The van der Waals surface area contributed by atoms with Gasteiger partial charge in [-0.2, -0.15) is 0 Å². The SMILES string of the molecule is Cc1cccc(/C=C2\Sc3ccc(C(=O)NC4CCCCC4)cc3N(C)C2=O)c1. The van der Waals surface area contributed by atoms with Gasteiger partial charge in [0.1, 0.15) is 0 Å². The second-order valence-electron chi connectivity index (χ2n) is 7.88. The Kier molecular flexibility index (Phi) is 5.76. The van der Waals surface area contributed by atoms with Gasteiger partial charge in [0.15, 0.2) is 0 Å². The number of amides is 2. The van der Waals surface area contributed by atoms with Crippen LogP contribution in [-0.4, -0.2) is 24.9 Å². The van der Waals surface area contributed by atoms with E-state index in [9.17, 15) is 9.59 Å². The third kappa shape index (κ3) is 4.40. The highest BCUT2D eigenvalue weighted by molar-refractivity contribution is 8.04. The van der Waals surface area contributed by atoms with E-state index in [2.05, 4.69) is 11.4 Å². The van der Waals surface area contributed by atoms with Gasteiger partial charge >= 0.3 is 0 Å². The Morgan fingerprint density at radius 2 is 1.93 bits per heavy atom. The second kappa shape index (κ2) is 8.46. The number of anilines is 1. The van der Waals surface area contributed by atoms with Crippen molar-refractivity contribution in [1.29, 1.82) is 0 Å². The molecule has 0 aromatic heterocycles. The highest BCUT2D eigenvalue weighted by Crippen LogP contribution is 2.42. The molecule has 29 heavy (non-hydrogen) atoms. The molecule has 150 valence electrons. The fourth-order valence-electron chi connectivity index (χ4n) is 3.96. The van der Waals surface area contributed by atoms with Crippen molar-refractivity contribution < 1.29 is 9.59 Å². The molecule has 0 unspecified atom stereocenters. The van der Waals surface area contributed by atoms with Crippen molar-refractivity contribution in [2.75, 3.05) is 11.9 Å². The lowest BCUT2D eigenvalue weighted by molar-refractivity contribution is -0.114. The summed E-state index contributed by atoms with van der Waals surface area (Å²) in [7, 11) is 1.77. The standard InChI is InChI=1S/C24H26N2O2S/c1-16-7-6-8-17(13-16)14-22-24(28)26(2)20-15-18(11-12-21(20)29-22)23(27)25-19-9-4-3-5-10-19/h6-8,11-15,19H,3-5,9-10H2,1-2H3,(H,25,27)/b22-14-. The fraction of sp³-hybridized carbons (Fsp3) is 0.333. The minimum absolute atomic E-state index is 0.0474. The zero-order valence-electron chi connectivity index (χ0n) is 16.9. The Bertz CT molecular complexity index is 977. The maximum Gasteiger partial charge on any atom is 0.264 e. The predicted octanol–water partition coefficient (Wildman–Crippen LogP) is 5.17. The first-order valence-electron chi connectivity index (χ1n) is 10.2. The number of aryl methyl sites for hydroxylation is 1. The van der Waals surface area contributed by atoms with Gasteiger partial charge in [-0.15, -0.1) is 0 Å². The van der Waals surface area contributed by atoms with Gasteiger partial charge in [-0.1, -0.05) is 60.9 Å². The van der Waals surface area contributed by atoms with Gasteiger partial charge in [-0.05, 0) is 49.6 Å². The van der Waals surface area contributed by atoms with Crippen LogP contribution in [0.3, 0.4) is 0 Å². The van der Waals surface area contributed by atoms with Crippen molar-refractivity contribution in [2.24, 2.45) is 0 Å². The van der Waals surface area contributed by atoms with Crippen LogP contribution in [0.4, 0.5) is 5.69 Å². The fourth-order valence-corrected chi connectivity index (χ4v) is 5.05. The highest BCUT2D eigenvalue weighted by Gasteiger charge is 2.27. The second-order valence-corrected chi connectivity index (χ2v) is 8.96. The van der Waals surface area contributed by atoms with E-state index in [-0.39, 0.29) is 17.9 Å². The number of carbonyl (C=O) groups is 2. The van der Waals surface area contributed by atoms with Crippen LogP contribution in [0.15, 0.2) is 52.3 Å². The molecule has 2 amide bonds. The number of nitrogens with one attached hydrogen (secondary N) is 1. The number of carbonyl (C=O) groups excluding carboxylic acids is 2. The van der Waals surface area contributed by atoms with Gasteiger partial charge in [0, 0.05) is 23.5 Å².